The van der Waals surface area contributed by atoms with Gasteiger partial charge in [-0.3, -0.25) is 37.3 Å². The van der Waals surface area contributed by atoms with Crippen LogP contribution in [0.3, 0.4) is 0 Å². The zero-order valence-electron chi connectivity index (χ0n) is 58.1. The second-order valence-corrected chi connectivity index (χ2v) is 29.4. The van der Waals surface area contributed by atoms with Crippen molar-refractivity contribution in [3.05, 3.63) is 0 Å². The molecule has 0 aliphatic carbocycles. The molecular weight excluding hydrogens is 1170 g/mol. The van der Waals surface area contributed by atoms with Crippen LogP contribution < -0.4 is 0 Å². The van der Waals surface area contributed by atoms with Crippen molar-refractivity contribution in [1.82, 2.24) is 0 Å². The molecule has 0 aliphatic rings. The van der Waals surface area contributed by atoms with Gasteiger partial charge in [0.15, 0.2) is 12.2 Å². The number of phosphoric ester groups is 2. The van der Waals surface area contributed by atoms with Gasteiger partial charge in [-0.2, -0.15) is 0 Å². The number of aliphatic hydroxyl groups is 1. The lowest BCUT2D eigenvalue weighted by atomic mass is 9.99. The summed E-state index contributed by atoms with van der Waals surface area (Å²) in [5, 5.41) is 10.6. The van der Waals surface area contributed by atoms with E-state index >= 15 is 0 Å². The fraction of sp³-hybridized carbons (Fsp3) is 0.943. The standard InChI is InChI=1S/C70H136O17P2/c1-9-61(6)47-39-31-23-20-21-24-34-42-50-67(72)80-56-65(86-69(74)52-44-36-25-19-17-15-13-12-14-16-18-22-30-38-46-60(4)5)58-84-88(76,77)82-54-64(71)55-83-89(78,79)85-59-66(87-70(75)53-45-37-29-27-33-41-49-63(8)11-3)57-81-68(73)51-43-35-28-26-32-40-48-62(7)10-2/h60-66,71H,9-59H2,1-8H3,(H,76,77)(H,78,79)/t61?,62?,63?,64-,65-,66-/m1/s1. The van der Waals surface area contributed by atoms with Gasteiger partial charge in [0, 0.05) is 25.7 Å². The Morgan fingerprint density at radius 2 is 0.539 bits per heavy atom. The molecule has 0 saturated carbocycles. The van der Waals surface area contributed by atoms with Crippen LogP contribution in [-0.2, 0) is 65.4 Å². The number of ether oxygens (including phenoxy) is 4. The van der Waals surface area contributed by atoms with Crippen molar-refractivity contribution in [2.24, 2.45) is 23.7 Å². The Balaban J connectivity index is 5.25. The predicted octanol–water partition coefficient (Wildman–Crippen LogP) is 19.7. The zero-order valence-corrected chi connectivity index (χ0v) is 59.8. The number of aliphatic hydroxyl groups excluding tert-OH is 1. The van der Waals surface area contributed by atoms with Gasteiger partial charge in [-0.15, -0.1) is 0 Å². The van der Waals surface area contributed by atoms with Crippen LogP contribution >= 0.6 is 15.6 Å². The SMILES string of the molecule is CCC(C)CCCCCCCCCCC(=O)OC[C@H](COP(=O)(O)OC[C@@H](O)COP(=O)(O)OC[C@@H](COC(=O)CCCCCCCCC(C)CC)OC(=O)CCCCCCCCC(C)CC)OC(=O)CCCCCCCCCCCCCCCCC(C)C. The van der Waals surface area contributed by atoms with Crippen molar-refractivity contribution < 1.29 is 80.2 Å². The summed E-state index contributed by atoms with van der Waals surface area (Å²) in [6.07, 6.45) is 41.7. The maximum atomic E-state index is 13.0. The van der Waals surface area contributed by atoms with Crippen LogP contribution in [0.4, 0.5) is 0 Å². The smallest absolute Gasteiger partial charge is 0.462 e. The van der Waals surface area contributed by atoms with E-state index in [9.17, 15) is 43.2 Å². The first-order chi connectivity index (χ1) is 42.7. The fourth-order valence-electron chi connectivity index (χ4n) is 10.4. The van der Waals surface area contributed by atoms with E-state index in [1.54, 1.807) is 0 Å². The highest BCUT2D eigenvalue weighted by Crippen LogP contribution is 2.45. The van der Waals surface area contributed by atoms with Crippen molar-refractivity contribution in [2.45, 2.75) is 363 Å². The molecule has 0 saturated heterocycles. The topological polar surface area (TPSA) is 237 Å². The lowest BCUT2D eigenvalue weighted by molar-refractivity contribution is -0.161. The molecular formula is C70H136O17P2. The van der Waals surface area contributed by atoms with Gasteiger partial charge in [-0.05, 0) is 49.4 Å². The van der Waals surface area contributed by atoms with Crippen molar-refractivity contribution in [1.29, 1.82) is 0 Å². The number of carbonyl (C=O) groups excluding carboxylic acids is 4. The average molecular weight is 1310 g/mol. The summed E-state index contributed by atoms with van der Waals surface area (Å²) in [5.41, 5.74) is 0. The molecule has 0 bridgehead atoms. The third-order valence-electron chi connectivity index (χ3n) is 17.2. The Kier molecular flexibility index (Phi) is 58.5. The molecule has 0 heterocycles. The van der Waals surface area contributed by atoms with E-state index in [-0.39, 0.29) is 25.7 Å². The fourth-order valence-corrected chi connectivity index (χ4v) is 12.0. The summed E-state index contributed by atoms with van der Waals surface area (Å²) in [4.78, 5) is 72.5. The molecule has 0 aromatic carbocycles. The first kappa shape index (κ1) is 87.1. The molecule has 0 aliphatic heterocycles. The molecule has 17 nitrogen and oxygen atoms in total. The first-order valence-corrected chi connectivity index (χ1v) is 39.3. The highest BCUT2D eigenvalue weighted by Gasteiger charge is 2.30. The van der Waals surface area contributed by atoms with E-state index < -0.39 is 97.5 Å². The maximum Gasteiger partial charge on any atom is 0.472 e. The molecule has 0 aromatic heterocycles. The second kappa shape index (κ2) is 59.8. The van der Waals surface area contributed by atoms with Gasteiger partial charge >= 0.3 is 39.5 Å². The third-order valence-corrected chi connectivity index (χ3v) is 19.1. The molecule has 5 unspecified atom stereocenters. The summed E-state index contributed by atoms with van der Waals surface area (Å²) in [5.74, 6) is 0.890. The van der Waals surface area contributed by atoms with Gasteiger partial charge in [0.1, 0.15) is 19.3 Å². The molecule has 0 aromatic rings. The summed E-state index contributed by atoms with van der Waals surface area (Å²) in [7, 11) is -9.90. The number of phosphoric acid groups is 2. The summed E-state index contributed by atoms with van der Waals surface area (Å²) < 4.78 is 68.3. The lowest BCUT2D eigenvalue weighted by Gasteiger charge is -2.21. The first-order valence-electron chi connectivity index (χ1n) is 36.3. The number of esters is 4. The Hall–Kier alpha value is -1.94. The van der Waals surface area contributed by atoms with Gasteiger partial charge in [0.05, 0.1) is 26.4 Å². The Morgan fingerprint density at radius 1 is 0.315 bits per heavy atom. The number of carbonyl (C=O) groups is 4. The lowest BCUT2D eigenvalue weighted by Crippen LogP contribution is -2.30. The molecule has 19 heteroatoms. The van der Waals surface area contributed by atoms with Gasteiger partial charge in [-0.25, -0.2) is 9.13 Å². The van der Waals surface area contributed by atoms with Gasteiger partial charge in [-0.1, -0.05) is 293 Å². The molecule has 3 N–H and O–H groups in total. The highest BCUT2D eigenvalue weighted by molar-refractivity contribution is 7.47. The van der Waals surface area contributed by atoms with E-state index in [2.05, 4.69) is 55.4 Å². The van der Waals surface area contributed by atoms with Crippen molar-refractivity contribution >= 4 is 39.5 Å². The predicted molar refractivity (Wildman–Crippen MR) is 358 cm³/mol. The molecule has 528 valence electrons. The van der Waals surface area contributed by atoms with E-state index in [4.69, 9.17) is 37.0 Å². The van der Waals surface area contributed by atoms with Crippen LogP contribution in [-0.4, -0.2) is 96.7 Å². The van der Waals surface area contributed by atoms with Crippen LogP contribution in [0.2, 0.25) is 0 Å². The van der Waals surface area contributed by atoms with E-state index in [1.165, 1.54) is 141 Å². The van der Waals surface area contributed by atoms with Crippen LogP contribution in [0.1, 0.15) is 344 Å². The monoisotopic (exact) mass is 1310 g/mol. The van der Waals surface area contributed by atoms with E-state index in [1.807, 2.05) is 0 Å². The second-order valence-electron chi connectivity index (χ2n) is 26.5. The number of rotatable bonds is 67. The molecule has 0 spiro atoms. The third kappa shape index (κ3) is 60.7. The van der Waals surface area contributed by atoms with E-state index in [0.717, 1.165) is 120 Å². The molecule has 0 amide bonds. The minimum atomic E-state index is -4.95. The molecule has 0 fully saturated rings. The maximum absolute atomic E-state index is 13.0. The molecule has 0 radical (unpaired) electrons. The largest absolute Gasteiger partial charge is 0.472 e. The van der Waals surface area contributed by atoms with Gasteiger partial charge in [0.2, 0.25) is 0 Å². The molecule has 8 atom stereocenters. The van der Waals surface area contributed by atoms with E-state index in [0.29, 0.717) is 25.7 Å². The van der Waals surface area contributed by atoms with Crippen molar-refractivity contribution in [2.75, 3.05) is 39.6 Å². The van der Waals surface area contributed by atoms with Crippen LogP contribution in [0.15, 0.2) is 0 Å². The average Bonchev–Trinajstić information content (AvgIpc) is 3.51. The normalized spacial score (nSPS) is 15.2. The Labute approximate surface area is 543 Å². The van der Waals surface area contributed by atoms with Gasteiger partial charge in [0.25, 0.3) is 0 Å². The minimum Gasteiger partial charge on any atom is -0.462 e. The van der Waals surface area contributed by atoms with Crippen molar-refractivity contribution in [3.8, 4) is 0 Å². The van der Waals surface area contributed by atoms with Crippen LogP contribution in [0, 0.1) is 23.7 Å². The molecule has 89 heavy (non-hydrogen) atoms. The summed E-state index contributed by atoms with van der Waals surface area (Å²) >= 11 is 0. The quantitative estimate of drug-likeness (QED) is 0.0222. The Morgan fingerprint density at radius 3 is 0.798 bits per heavy atom. The molecule has 0 rings (SSSR count). The minimum absolute atomic E-state index is 0.102. The number of hydrogen-bond donors (Lipinski definition) is 3. The number of unbranched alkanes of at least 4 members (excludes halogenated alkanes) is 30. The van der Waals surface area contributed by atoms with Crippen LogP contribution in [0.5, 0.6) is 0 Å². The summed E-state index contributed by atoms with van der Waals surface area (Å²) in [6, 6.07) is 0. The van der Waals surface area contributed by atoms with Gasteiger partial charge < -0.3 is 33.8 Å². The number of hydrogen-bond acceptors (Lipinski definition) is 15. The van der Waals surface area contributed by atoms with Crippen LogP contribution in [0.25, 0.3) is 0 Å². The zero-order chi connectivity index (χ0) is 66.1. The van der Waals surface area contributed by atoms with Crippen molar-refractivity contribution in [3.63, 3.8) is 0 Å². The summed E-state index contributed by atoms with van der Waals surface area (Å²) in [6.45, 7) is 14.1. The highest BCUT2D eigenvalue weighted by atomic mass is 31.2. The Bertz CT molecular complexity index is 1770.